The number of amides is 1. The van der Waals surface area contributed by atoms with Gasteiger partial charge in [0.2, 0.25) is 0 Å². The fraction of sp³-hybridized carbons (Fsp3) is 0.316. The molecule has 1 heterocycles. The molecule has 0 spiro atoms. The highest BCUT2D eigenvalue weighted by molar-refractivity contribution is 9.10. The van der Waals surface area contributed by atoms with Crippen molar-refractivity contribution in [3.63, 3.8) is 0 Å². The monoisotopic (exact) mass is 420 g/mol. The second-order valence-electron chi connectivity index (χ2n) is 6.58. The Hall–Kier alpha value is -1.80. The van der Waals surface area contributed by atoms with Crippen LogP contribution in [0.1, 0.15) is 27.5 Å². The molecule has 0 aliphatic carbocycles. The molecular formula is C19H22BrFN4O. The van der Waals surface area contributed by atoms with E-state index in [-0.39, 0.29) is 17.4 Å². The summed E-state index contributed by atoms with van der Waals surface area (Å²) in [7, 11) is 2.10. The minimum absolute atomic E-state index is 0.188. The van der Waals surface area contributed by atoms with E-state index in [1.165, 1.54) is 11.6 Å². The SMILES string of the molecule is CN1CCN(Cc2ccc(C(=O)NN)cc2F)C(c2ccc(Br)cc2)C1. The van der Waals surface area contributed by atoms with Gasteiger partial charge in [-0.05, 0) is 36.9 Å². The smallest absolute Gasteiger partial charge is 0.265 e. The van der Waals surface area contributed by atoms with Crippen LogP contribution in [0.25, 0.3) is 0 Å². The van der Waals surface area contributed by atoms with Gasteiger partial charge in [0.05, 0.1) is 0 Å². The molecule has 0 aromatic heterocycles. The van der Waals surface area contributed by atoms with Crippen LogP contribution < -0.4 is 11.3 Å². The molecule has 1 aliphatic heterocycles. The first kappa shape index (κ1) is 19.0. The molecule has 0 bridgehead atoms. The third-order valence-electron chi connectivity index (χ3n) is 4.77. The molecule has 2 aromatic rings. The maximum absolute atomic E-state index is 14.5. The van der Waals surface area contributed by atoms with Gasteiger partial charge in [-0.1, -0.05) is 34.1 Å². The van der Waals surface area contributed by atoms with Crippen LogP contribution in [-0.4, -0.2) is 42.4 Å². The standard InChI is InChI=1S/C19H22BrFN4O/c1-24-8-9-25(18(12-24)13-4-6-16(20)7-5-13)11-15-3-2-14(10-17(15)21)19(26)23-22/h2-7,10,18H,8-9,11-12,22H2,1H3,(H,23,26). The average Bonchev–Trinajstić information content (AvgIpc) is 2.64. The van der Waals surface area contributed by atoms with Gasteiger partial charge in [-0.3, -0.25) is 15.1 Å². The number of likely N-dealkylation sites (N-methyl/N-ethyl adjacent to an activating group) is 1. The zero-order chi connectivity index (χ0) is 18.7. The number of halogens is 2. The van der Waals surface area contributed by atoms with E-state index in [1.807, 2.05) is 17.6 Å². The molecule has 7 heteroatoms. The summed E-state index contributed by atoms with van der Waals surface area (Å²) in [6.45, 7) is 3.16. The minimum Gasteiger partial charge on any atom is -0.303 e. The van der Waals surface area contributed by atoms with E-state index < -0.39 is 5.91 Å². The molecule has 3 rings (SSSR count). The van der Waals surface area contributed by atoms with E-state index in [0.717, 1.165) is 24.1 Å². The van der Waals surface area contributed by atoms with Gasteiger partial charge >= 0.3 is 0 Å². The molecular weight excluding hydrogens is 399 g/mol. The van der Waals surface area contributed by atoms with Crippen molar-refractivity contribution in [1.29, 1.82) is 0 Å². The Kier molecular flexibility index (Phi) is 6.03. The summed E-state index contributed by atoms with van der Waals surface area (Å²) in [6.07, 6.45) is 0. The van der Waals surface area contributed by atoms with Crippen LogP contribution in [0.4, 0.5) is 4.39 Å². The number of nitrogens with zero attached hydrogens (tertiary/aromatic N) is 2. The minimum atomic E-state index is -0.497. The van der Waals surface area contributed by atoms with Gasteiger partial charge in [0.15, 0.2) is 0 Å². The second-order valence-corrected chi connectivity index (χ2v) is 7.50. The molecule has 1 aliphatic rings. The summed E-state index contributed by atoms with van der Waals surface area (Å²) >= 11 is 3.47. The largest absolute Gasteiger partial charge is 0.303 e. The van der Waals surface area contributed by atoms with Crippen LogP contribution in [0.2, 0.25) is 0 Å². The molecule has 2 aromatic carbocycles. The average molecular weight is 421 g/mol. The quantitative estimate of drug-likeness (QED) is 0.453. The Labute approximate surface area is 161 Å². The normalized spacial score (nSPS) is 18.7. The van der Waals surface area contributed by atoms with Gasteiger partial charge < -0.3 is 4.90 Å². The van der Waals surface area contributed by atoms with Crippen LogP contribution in [-0.2, 0) is 6.54 Å². The van der Waals surface area contributed by atoms with Crippen molar-refractivity contribution in [1.82, 2.24) is 15.2 Å². The summed E-state index contributed by atoms with van der Waals surface area (Å²) in [5, 5.41) is 0. The number of hydrogen-bond acceptors (Lipinski definition) is 4. The number of rotatable bonds is 4. The van der Waals surface area contributed by atoms with Crippen molar-refractivity contribution in [2.24, 2.45) is 5.84 Å². The molecule has 1 atom stereocenters. The highest BCUT2D eigenvalue weighted by atomic mass is 79.9. The van der Waals surface area contributed by atoms with Gasteiger partial charge in [0.1, 0.15) is 5.82 Å². The van der Waals surface area contributed by atoms with Crippen molar-refractivity contribution >= 4 is 21.8 Å². The lowest BCUT2D eigenvalue weighted by atomic mass is 10.0. The summed E-state index contributed by atoms with van der Waals surface area (Å²) < 4.78 is 15.5. The maximum atomic E-state index is 14.5. The molecule has 5 nitrogen and oxygen atoms in total. The van der Waals surface area contributed by atoms with Gasteiger partial charge in [0, 0.05) is 47.8 Å². The third-order valence-corrected chi connectivity index (χ3v) is 5.30. The first-order valence-corrected chi connectivity index (χ1v) is 9.24. The molecule has 3 N–H and O–H groups in total. The van der Waals surface area contributed by atoms with E-state index in [4.69, 9.17) is 5.84 Å². The number of nitrogens with one attached hydrogen (secondary N) is 1. The summed E-state index contributed by atoms with van der Waals surface area (Å²) in [5.41, 5.74) is 4.02. The number of hydrazine groups is 1. The lowest BCUT2D eigenvalue weighted by Crippen LogP contribution is -2.46. The van der Waals surface area contributed by atoms with Crippen molar-refractivity contribution in [2.75, 3.05) is 26.7 Å². The molecule has 0 saturated carbocycles. The fourth-order valence-electron chi connectivity index (χ4n) is 3.27. The van der Waals surface area contributed by atoms with Crippen LogP contribution in [0.15, 0.2) is 46.9 Å². The second kappa shape index (κ2) is 8.26. The molecule has 138 valence electrons. The van der Waals surface area contributed by atoms with Crippen molar-refractivity contribution < 1.29 is 9.18 Å². The van der Waals surface area contributed by atoms with Crippen LogP contribution >= 0.6 is 15.9 Å². The Bertz CT molecular complexity index is 784. The first-order chi connectivity index (χ1) is 12.5. The number of benzene rings is 2. The zero-order valence-electron chi connectivity index (χ0n) is 14.6. The Balaban J connectivity index is 1.82. The van der Waals surface area contributed by atoms with Gasteiger partial charge in [-0.15, -0.1) is 0 Å². The molecule has 1 fully saturated rings. The Morgan fingerprint density at radius 3 is 2.65 bits per heavy atom. The molecule has 1 amide bonds. The summed E-state index contributed by atoms with van der Waals surface area (Å²) in [5.74, 6) is 4.22. The number of carbonyl (C=O) groups excluding carboxylic acids is 1. The Morgan fingerprint density at radius 2 is 2.00 bits per heavy atom. The number of piperazine rings is 1. The highest BCUT2D eigenvalue weighted by Crippen LogP contribution is 2.28. The van der Waals surface area contributed by atoms with E-state index in [2.05, 4.69) is 44.9 Å². The molecule has 26 heavy (non-hydrogen) atoms. The van der Waals surface area contributed by atoms with E-state index in [0.29, 0.717) is 12.1 Å². The molecule has 0 radical (unpaired) electrons. The van der Waals surface area contributed by atoms with Gasteiger partial charge in [-0.25, -0.2) is 10.2 Å². The van der Waals surface area contributed by atoms with Gasteiger partial charge in [-0.2, -0.15) is 0 Å². The third kappa shape index (κ3) is 4.29. The van der Waals surface area contributed by atoms with Crippen LogP contribution in [0.3, 0.4) is 0 Å². The van der Waals surface area contributed by atoms with Gasteiger partial charge in [0.25, 0.3) is 5.91 Å². The summed E-state index contributed by atoms with van der Waals surface area (Å²) in [4.78, 5) is 16.1. The van der Waals surface area contributed by atoms with Crippen LogP contribution in [0, 0.1) is 5.82 Å². The predicted molar refractivity (Wildman–Crippen MR) is 103 cm³/mol. The molecule has 1 unspecified atom stereocenters. The van der Waals surface area contributed by atoms with E-state index in [1.54, 1.807) is 12.1 Å². The zero-order valence-corrected chi connectivity index (χ0v) is 16.2. The molecule has 1 saturated heterocycles. The number of carbonyl (C=O) groups is 1. The number of hydrogen-bond donors (Lipinski definition) is 2. The maximum Gasteiger partial charge on any atom is 0.265 e. The van der Waals surface area contributed by atoms with Crippen molar-refractivity contribution in [2.45, 2.75) is 12.6 Å². The first-order valence-electron chi connectivity index (χ1n) is 8.45. The topological polar surface area (TPSA) is 61.6 Å². The van der Waals surface area contributed by atoms with E-state index in [9.17, 15) is 9.18 Å². The van der Waals surface area contributed by atoms with Crippen molar-refractivity contribution in [3.05, 3.63) is 69.4 Å². The lowest BCUT2D eigenvalue weighted by molar-refractivity contribution is 0.0823. The van der Waals surface area contributed by atoms with E-state index >= 15 is 0 Å². The Morgan fingerprint density at radius 1 is 1.27 bits per heavy atom. The summed E-state index contributed by atoms with van der Waals surface area (Å²) in [6, 6.07) is 13.0. The number of nitrogens with two attached hydrogens (primary N) is 1. The number of nitrogen functional groups attached to an aromatic ring is 1. The predicted octanol–water partition coefficient (Wildman–Crippen LogP) is 2.68. The lowest BCUT2D eigenvalue weighted by Gasteiger charge is -2.40. The van der Waals surface area contributed by atoms with Crippen molar-refractivity contribution in [3.8, 4) is 0 Å². The highest BCUT2D eigenvalue weighted by Gasteiger charge is 2.27. The fourth-order valence-corrected chi connectivity index (χ4v) is 3.53. The van der Waals surface area contributed by atoms with Crippen LogP contribution in [0.5, 0.6) is 0 Å².